The Hall–Kier alpha value is -2.02. The van der Waals surface area contributed by atoms with Crippen LogP contribution in [0.15, 0.2) is 46.3 Å². The molecule has 35 heavy (non-hydrogen) atoms. The number of fused-ring (bicyclic) bond motifs is 1. The molecule has 7 nitrogen and oxygen atoms in total. The largest absolute Gasteiger partial charge is 0.477 e. The number of rotatable bonds is 7. The minimum Gasteiger partial charge on any atom is -0.477 e. The molecule has 0 amide bonds. The SMILES string of the molecule is CCOC(=O)[C@@H](C)Oc1c(I)cc(C=Nn2c(C3CCCCC3)nc3ccccc3c2=O)cc1I. The third kappa shape index (κ3) is 6.04. The van der Waals surface area contributed by atoms with Crippen molar-refractivity contribution in [3.8, 4) is 5.75 Å². The van der Waals surface area contributed by atoms with Gasteiger partial charge in [0.1, 0.15) is 11.6 Å². The molecule has 0 aliphatic heterocycles. The lowest BCUT2D eigenvalue weighted by atomic mass is 9.88. The molecule has 1 fully saturated rings. The molecule has 0 N–H and O–H groups in total. The van der Waals surface area contributed by atoms with E-state index in [1.165, 1.54) is 11.1 Å². The van der Waals surface area contributed by atoms with E-state index in [1.54, 1.807) is 26.1 Å². The number of ether oxygens (including phenoxy) is 2. The van der Waals surface area contributed by atoms with Gasteiger partial charge in [0, 0.05) is 5.92 Å². The zero-order valence-corrected chi connectivity index (χ0v) is 24.0. The summed E-state index contributed by atoms with van der Waals surface area (Å²) in [6.07, 6.45) is 6.50. The Morgan fingerprint density at radius 2 is 1.89 bits per heavy atom. The van der Waals surface area contributed by atoms with Gasteiger partial charge in [0.2, 0.25) is 0 Å². The Morgan fingerprint density at radius 3 is 2.57 bits per heavy atom. The molecular formula is C26H27I2N3O4. The number of aromatic nitrogens is 2. The molecule has 1 aromatic heterocycles. The van der Waals surface area contributed by atoms with E-state index < -0.39 is 12.1 Å². The van der Waals surface area contributed by atoms with E-state index >= 15 is 0 Å². The first-order chi connectivity index (χ1) is 16.9. The maximum Gasteiger partial charge on any atom is 0.347 e. The van der Waals surface area contributed by atoms with Crippen LogP contribution in [0.4, 0.5) is 0 Å². The number of halogens is 2. The third-order valence-electron chi connectivity index (χ3n) is 6.01. The molecule has 1 saturated carbocycles. The highest BCUT2D eigenvalue weighted by Gasteiger charge is 2.23. The Bertz CT molecular complexity index is 1290. The topological polar surface area (TPSA) is 82.8 Å². The van der Waals surface area contributed by atoms with Crippen molar-refractivity contribution >= 4 is 68.3 Å². The summed E-state index contributed by atoms with van der Waals surface area (Å²) in [5, 5.41) is 5.18. The predicted octanol–water partition coefficient (Wildman–Crippen LogP) is 5.87. The summed E-state index contributed by atoms with van der Waals surface area (Å²) in [7, 11) is 0. The summed E-state index contributed by atoms with van der Waals surface area (Å²) < 4.78 is 14.1. The van der Waals surface area contributed by atoms with Crippen LogP contribution < -0.4 is 10.3 Å². The summed E-state index contributed by atoms with van der Waals surface area (Å²) in [6.45, 7) is 3.75. The van der Waals surface area contributed by atoms with Gasteiger partial charge in [-0.25, -0.2) is 9.78 Å². The Kier molecular flexibility index (Phi) is 8.79. The molecule has 1 atom stereocenters. The van der Waals surface area contributed by atoms with Crippen molar-refractivity contribution in [1.29, 1.82) is 0 Å². The van der Waals surface area contributed by atoms with Crippen LogP contribution in [0.3, 0.4) is 0 Å². The monoisotopic (exact) mass is 699 g/mol. The quantitative estimate of drug-likeness (QED) is 0.175. The van der Waals surface area contributed by atoms with Gasteiger partial charge < -0.3 is 9.47 Å². The zero-order valence-electron chi connectivity index (χ0n) is 19.7. The molecule has 0 spiro atoms. The minimum atomic E-state index is -0.711. The molecule has 9 heteroatoms. The van der Waals surface area contributed by atoms with E-state index in [0.717, 1.165) is 44.2 Å². The van der Waals surface area contributed by atoms with Crippen LogP contribution in [-0.4, -0.2) is 34.6 Å². The van der Waals surface area contributed by atoms with Gasteiger partial charge in [0.05, 0.1) is 30.9 Å². The molecule has 1 aliphatic rings. The molecule has 4 rings (SSSR count). The van der Waals surface area contributed by atoms with Crippen LogP contribution in [0.1, 0.15) is 63.3 Å². The number of nitrogens with zero attached hydrogens (tertiary/aromatic N) is 3. The predicted molar refractivity (Wildman–Crippen MR) is 153 cm³/mol. The summed E-state index contributed by atoms with van der Waals surface area (Å²) in [4.78, 5) is 30.2. The van der Waals surface area contributed by atoms with Crippen molar-refractivity contribution in [2.45, 2.75) is 58.0 Å². The van der Waals surface area contributed by atoms with Gasteiger partial charge in [-0.1, -0.05) is 31.4 Å². The normalized spacial score (nSPS) is 15.4. The molecule has 0 bridgehead atoms. The van der Waals surface area contributed by atoms with Gasteiger partial charge >= 0.3 is 5.97 Å². The Morgan fingerprint density at radius 1 is 1.20 bits per heavy atom. The fourth-order valence-electron chi connectivity index (χ4n) is 4.25. The maximum absolute atomic E-state index is 13.4. The standard InChI is InChI=1S/C26H27I2N3O4/c1-3-34-26(33)16(2)35-23-20(27)13-17(14-21(23)28)15-29-31-24(18-9-5-4-6-10-18)30-22-12-8-7-11-19(22)25(31)32/h7-8,11-16,18H,3-6,9-10H2,1-2H3/t16-/m1/s1. The first-order valence-electron chi connectivity index (χ1n) is 11.8. The molecule has 3 aromatic rings. The highest BCUT2D eigenvalue weighted by atomic mass is 127. The number of carbonyl (C=O) groups excluding carboxylic acids is 1. The lowest BCUT2D eigenvalue weighted by molar-refractivity contribution is -0.150. The summed E-state index contributed by atoms with van der Waals surface area (Å²) in [5.74, 6) is 1.18. The first kappa shape index (κ1) is 26.1. The Balaban J connectivity index is 1.68. The van der Waals surface area contributed by atoms with Crippen LogP contribution in [0.25, 0.3) is 10.9 Å². The van der Waals surface area contributed by atoms with Crippen LogP contribution in [0.5, 0.6) is 5.75 Å². The number of hydrogen-bond acceptors (Lipinski definition) is 6. The van der Waals surface area contributed by atoms with Crippen LogP contribution in [0, 0.1) is 7.14 Å². The molecular weight excluding hydrogens is 672 g/mol. The molecule has 2 aromatic carbocycles. The van der Waals surface area contributed by atoms with Crippen molar-refractivity contribution in [3.05, 3.63) is 65.3 Å². The fraction of sp³-hybridized carbons (Fsp3) is 0.385. The minimum absolute atomic E-state index is 0.153. The molecule has 0 radical (unpaired) electrons. The summed E-state index contributed by atoms with van der Waals surface area (Å²) in [6, 6.07) is 11.3. The van der Waals surface area contributed by atoms with E-state index in [2.05, 4.69) is 50.3 Å². The Labute approximate surface area is 231 Å². The highest BCUT2D eigenvalue weighted by molar-refractivity contribution is 14.1. The number of benzene rings is 2. The molecule has 1 heterocycles. The van der Waals surface area contributed by atoms with Crippen LogP contribution in [0.2, 0.25) is 0 Å². The lowest BCUT2D eigenvalue weighted by Gasteiger charge is -2.22. The average Bonchev–Trinajstić information content (AvgIpc) is 2.86. The van der Waals surface area contributed by atoms with Gasteiger partial charge in [-0.15, -0.1) is 0 Å². The number of hydrogen-bond donors (Lipinski definition) is 0. The van der Waals surface area contributed by atoms with Crippen molar-refractivity contribution in [2.24, 2.45) is 5.10 Å². The van der Waals surface area contributed by atoms with Crippen LogP contribution >= 0.6 is 45.2 Å². The number of carbonyl (C=O) groups is 1. The number of para-hydroxylation sites is 1. The highest BCUT2D eigenvalue weighted by Crippen LogP contribution is 2.32. The van der Waals surface area contributed by atoms with E-state index in [0.29, 0.717) is 23.3 Å². The van der Waals surface area contributed by atoms with Crippen molar-refractivity contribution in [1.82, 2.24) is 9.66 Å². The summed E-state index contributed by atoms with van der Waals surface area (Å²) >= 11 is 4.36. The van der Waals surface area contributed by atoms with Gasteiger partial charge in [0.15, 0.2) is 6.10 Å². The van der Waals surface area contributed by atoms with Crippen molar-refractivity contribution < 1.29 is 14.3 Å². The van der Waals surface area contributed by atoms with Gasteiger partial charge in [-0.2, -0.15) is 9.78 Å². The van der Waals surface area contributed by atoms with Gasteiger partial charge in [-0.05, 0) is 102 Å². The lowest BCUT2D eigenvalue weighted by Crippen LogP contribution is -2.26. The number of esters is 1. The van der Waals surface area contributed by atoms with E-state index in [4.69, 9.17) is 14.5 Å². The molecule has 0 saturated heterocycles. The first-order valence-corrected chi connectivity index (χ1v) is 13.9. The second kappa shape index (κ2) is 11.8. The van der Waals surface area contributed by atoms with Crippen molar-refractivity contribution in [2.75, 3.05) is 6.61 Å². The molecule has 0 unspecified atom stereocenters. The van der Waals surface area contributed by atoms with E-state index in [1.807, 2.05) is 30.3 Å². The average molecular weight is 699 g/mol. The second-order valence-electron chi connectivity index (χ2n) is 8.51. The van der Waals surface area contributed by atoms with Crippen LogP contribution in [-0.2, 0) is 9.53 Å². The van der Waals surface area contributed by atoms with Crippen molar-refractivity contribution in [3.63, 3.8) is 0 Å². The van der Waals surface area contributed by atoms with E-state index in [-0.39, 0.29) is 11.5 Å². The van der Waals surface area contributed by atoms with Gasteiger partial charge in [-0.3, -0.25) is 4.79 Å². The summed E-state index contributed by atoms with van der Waals surface area (Å²) in [5.41, 5.74) is 1.38. The zero-order chi connectivity index (χ0) is 24.9. The second-order valence-corrected chi connectivity index (χ2v) is 10.8. The molecule has 1 aliphatic carbocycles. The third-order valence-corrected chi connectivity index (χ3v) is 7.61. The van der Waals surface area contributed by atoms with Gasteiger partial charge in [0.25, 0.3) is 5.56 Å². The van der Waals surface area contributed by atoms with E-state index in [9.17, 15) is 9.59 Å². The molecule has 184 valence electrons. The fourth-order valence-corrected chi connectivity index (χ4v) is 6.32. The maximum atomic E-state index is 13.4. The smallest absolute Gasteiger partial charge is 0.347 e.